The minimum Gasteiger partial charge on any atom is -0.166 e. The van der Waals surface area contributed by atoms with Gasteiger partial charge in [-0.05, 0) is 38.7 Å². The maximum atomic E-state index is 13.1. The molecule has 0 fully saturated rings. The van der Waals surface area contributed by atoms with Crippen LogP contribution in [0.3, 0.4) is 0 Å². The Morgan fingerprint density at radius 2 is 1.55 bits per heavy atom. The molecule has 0 nitrogen and oxygen atoms in total. The normalized spacial score (nSPS) is 14.6. The van der Waals surface area contributed by atoms with Crippen molar-refractivity contribution < 1.29 is 13.2 Å². The van der Waals surface area contributed by atoms with Gasteiger partial charge >= 0.3 is 6.18 Å². The first kappa shape index (κ1) is 13.4. The van der Waals surface area contributed by atoms with E-state index in [0.717, 1.165) is 17.2 Å². The third-order valence-electron chi connectivity index (χ3n) is 3.24. The Hall–Kier alpha value is -1.55. The van der Waals surface area contributed by atoms with Crippen LogP contribution in [0.25, 0.3) is 10.1 Å². The summed E-state index contributed by atoms with van der Waals surface area (Å²) in [5.74, 6) is 0. The zero-order chi connectivity index (χ0) is 14.3. The summed E-state index contributed by atoms with van der Waals surface area (Å²) in [5.41, 5.74) is 1.87. The lowest BCUT2D eigenvalue weighted by molar-refractivity contribution is -0.137. The summed E-state index contributed by atoms with van der Waals surface area (Å²) in [6, 6.07) is 13.6. The van der Waals surface area contributed by atoms with Crippen molar-refractivity contribution in [1.82, 2.24) is 0 Å². The summed E-state index contributed by atoms with van der Waals surface area (Å²) in [6.07, 6.45) is -2.58. The van der Waals surface area contributed by atoms with Gasteiger partial charge in [0.25, 0.3) is 0 Å². The zero-order valence-corrected chi connectivity index (χ0v) is 11.8. The molecule has 0 aliphatic heterocycles. The third-order valence-corrected chi connectivity index (χ3v) is 4.07. The number of rotatable bonds is 1. The number of fused-ring (bicyclic) bond motifs is 1. The van der Waals surface area contributed by atoms with Crippen LogP contribution in [-0.2, 0) is 6.18 Å². The van der Waals surface area contributed by atoms with Crippen LogP contribution >= 0.6 is 15.9 Å². The van der Waals surface area contributed by atoms with E-state index < -0.39 is 11.7 Å². The average molecular weight is 338 g/mol. The number of allylic oxidation sites excluding steroid dienone is 1. The zero-order valence-electron chi connectivity index (χ0n) is 10.2. The molecule has 2 aromatic rings. The Morgan fingerprint density at radius 1 is 0.850 bits per heavy atom. The SMILES string of the molecule is FC(F)(F)c1cccc2c1C(Br)=C(c1ccccc1)[CH]2. The van der Waals surface area contributed by atoms with Gasteiger partial charge in [-0.3, -0.25) is 0 Å². The molecule has 1 aliphatic carbocycles. The summed E-state index contributed by atoms with van der Waals surface area (Å²) in [7, 11) is 0. The number of hydrogen-bond donors (Lipinski definition) is 0. The molecule has 0 spiro atoms. The summed E-state index contributed by atoms with van der Waals surface area (Å²) < 4.78 is 39.8. The van der Waals surface area contributed by atoms with E-state index in [1.54, 1.807) is 12.5 Å². The van der Waals surface area contributed by atoms with E-state index in [0.29, 0.717) is 10.0 Å². The molecule has 1 aliphatic rings. The molecule has 0 atom stereocenters. The molecule has 0 aromatic heterocycles. The van der Waals surface area contributed by atoms with Crippen LogP contribution in [0.15, 0.2) is 48.5 Å². The standard InChI is InChI=1S/C16H9BrF3/c17-15-12(10-5-2-1-3-6-10)9-11-7-4-8-13(14(11)15)16(18,19)20/h1-9H. The number of hydrogen-bond acceptors (Lipinski definition) is 0. The molecule has 4 heteroatoms. The first-order valence-corrected chi connectivity index (χ1v) is 6.78. The predicted octanol–water partition coefficient (Wildman–Crippen LogP) is 5.53. The first-order chi connectivity index (χ1) is 9.48. The largest absolute Gasteiger partial charge is 0.417 e. The lowest BCUT2D eigenvalue weighted by atomic mass is 10.0. The second kappa shape index (κ2) is 4.77. The monoisotopic (exact) mass is 337 g/mol. The fourth-order valence-corrected chi connectivity index (χ4v) is 3.14. The highest BCUT2D eigenvalue weighted by molar-refractivity contribution is 9.15. The van der Waals surface area contributed by atoms with Gasteiger partial charge in [-0.2, -0.15) is 13.2 Å². The summed E-state index contributed by atoms with van der Waals surface area (Å²) in [6.45, 7) is 0. The molecular formula is C16H9BrF3. The molecule has 2 aromatic carbocycles. The highest BCUT2D eigenvalue weighted by Gasteiger charge is 2.37. The second-order valence-corrected chi connectivity index (χ2v) is 5.30. The molecule has 0 heterocycles. The number of halogens is 4. The molecule has 101 valence electrons. The minimum absolute atomic E-state index is 0.221. The topological polar surface area (TPSA) is 0 Å². The first-order valence-electron chi connectivity index (χ1n) is 5.99. The van der Waals surface area contributed by atoms with E-state index in [9.17, 15) is 13.2 Å². The molecule has 20 heavy (non-hydrogen) atoms. The number of alkyl halides is 3. The van der Waals surface area contributed by atoms with Gasteiger partial charge in [0, 0.05) is 16.5 Å². The van der Waals surface area contributed by atoms with Gasteiger partial charge in [-0.15, -0.1) is 0 Å². The minimum atomic E-state index is -4.36. The predicted molar refractivity (Wildman–Crippen MR) is 77.0 cm³/mol. The summed E-state index contributed by atoms with van der Waals surface area (Å²) in [5, 5.41) is 0. The van der Waals surface area contributed by atoms with Crippen LogP contribution in [-0.4, -0.2) is 0 Å². The van der Waals surface area contributed by atoms with Gasteiger partial charge in [0.2, 0.25) is 0 Å². The molecule has 0 amide bonds. The van der Waals surface area contributed by atoms with E-state index in [1.165, 1.54) is 6.07 Å². The van der Waals surface area contributed by atoms with Gasteiger partial charge in [0.1, 0.15) is 0 Å². The van der Waals surface area contributed by atoms with E-state index >= 15 is 0 Å². The molecule has 0 saturated heterocycles. The van der Waals surface area contributed by atoms with Gasteiger partial charge in [0.15, 0.2) is 0 Å². The van der Waals surface area contributed by atoms with Crippen molar-refractivity contribution in [3.05, 3.63) is 77.2 Å². The van der Waals surface area contributed by atoms with Gasteiger partial charge in [0.05, 0.1) is 5.56 Å². The molecule has 1 radical (unpaired) electrons. The smallest absolute Gasteiger partial charge is 0.166 e. The van der Waals surface area contributed by atoms with E-state index in [4.69, 9.17) is 0 Å². The van der Waals surface area contributed by atoms with Crippen LogP contribution in [0.2, 0.25) is 0 Å². The van der Waals surface area contributed by atoms with Gasteiger partial charge in [-0.1, -0.05) is 42.5 Å². The van der Waals surface area contributed by atoms with Crippen molar-refractivity contribution in [1.29, 1.82) is 0 Å². The second-order valence-electron chi connectivity index (χ2n) is 4.51. The Kier molecular flexibility index (Phi) is 3.21. The van der Waals surface area contributed by atoms with Gasteiger partial charge < -0.3 is 0 Å². The molecule has 0 bridgehead atoms. The van der Waals surface area contributed by atoms with Crippen LogP contribution in [0, 0.1) is 6.42 Å². The third kappa shape index (κ3) is 2.18. The van der Waals surface area contributed by atoms with Crippen LogP contribution < -0.4 is 0 Å². The van der Waals surface area contributed by atoms with Crippen molar-refractivity contribution in [3.8, 4) is 0 Å². The molecule has 3 rings (SSSR count). The highest BCUT2D eigenvalue weighted by Crippen LogP contribution is 2.48. The van der Waals surface area contributed by atoms with Crippen LogP contribution in [0.4, 0.5) is 13.2 Å². The van der Waals surface area contributed by atoms with E-state index in [-0.39, 0.29) is 5.56 Å². The summed E-state index contributed by atoms with van der Waals surface area (Å²) >= 11 is 3.33. The Balaban J connectivity index is 2.18. The lowest BCUT2D eigenvalue weighted by Gasteiger charge is -2.12. The van der Waals surface area contributed by atoms with Crippen molar-refractivity contribution in [3.63, 3.8) is 0 Å². The Morgan fingerprint density at radius 3 is 2.20 bits per heavy atom. The van der Waals surface area contributed by atoms with E-state index in [2.05, 4.69) is 15.9 Å². The van der Waals surface area contributed by atoms with Crippen LogP contribution in [0.1, 0.15) is 22.3 Å². The number of benzene rings is 2. The van der Waals surface area contributed by atoms with Crippen LogP contribution in [0.5, 0.6) is 0 Å². The van der Waals surface area contributed by atoms with Crippen molar-refractivity contribution in [2.45, 2.75) is 6.18 Å². The quantitative estimate of drug-likeness (QED) is 0.641. The maximum Gasteiger partial charge on any atom is 0.417 e. The van der Waals surface area contributed by atoms with Crippen molar-refractivity contribution in [2.24, 2.45) is 0 Å². The van der Waals surface area contributed by atoms with E-state index in [1.807, 2.05) is 30.3 Å². The molecule has 0 saturated carbocycles. The Bertz CT molecular complexity index is 685. The average Bonchev–Trinajstić information content (AvgIpc) is 2.76. The summed E-state index contributed by atoms with van der Waals surface area (Å²) in [4.78, 5) is 0. The maximum absolute atomic E-state index is 13.1. The molecule has 0 N–H and O–H groups in total. The fraction of sp³-hybridized carbons (Fsp3) is 0.0625. The van der Waals surface area contributed by atoms with Crippen molar-refractivity contribution in [2.75, 3.05) is 0 Å². The van der Waals surface area contributed by atoms with Crippen molar-refractivity contribution >= 4 is 26.0 Å². The van der Waals surface area contributed by atoms with Gasteiger partial charge in [-0.25, -0.2) is 0 Å². The lowest BCUT2D eigenvalue weighted by Crippen LogP contribution is -2.08. The highest BCUT2D eigenvalue weighted by atomic mass is 79.9. The Labute approximate surface area is 123 Å². The molecule has 0 unspecified atom stereocenters. The molecular weight excluding hydrogens is 329 g/mol. The fourth-order valence-electron chi connectivity index (χ4n) is 2.35.